The van der Waals surface area contributed by atoms with Gasteiger partial charge >= 0.3 is 5.97 Å². The monoisotopic (exact) mass is 283 g/mol. The normalized spacial score (nSPS) is 11.8. The number of non-ortho nitro benzene ring substituents is 1. The van der Waals surface area contributed by atoms with Gasteiger partial charge in [-0.2, -0.15) is 0 Å². The van der Waals surface area contributed by atoms with E-state index in [9.17, 15) is 24.1 Å². The van der Waals surface area contributed by atoms with E-state index in [1.807, 2.05) is 0 Å². The summed E-state index contributed by atoms with van der Waals surface area (Å²) in [5.41, 5.74) is -0.328. The third-order valence-electron chi connectivity index (χ3n) is 2.73. The number of ether oxygens (including phenoxy) is 1. The van der Waals surface area contributed by atoms with Gasteiger partial charge in [-0.1, -0.05) is 0 Å². The van der Waals surface area contributed by atoms with E-state index in [4.69, 9.17) is 4.74 Å². The van der Waals surface area contributed by atoms with Crippen molar-refractivity contribution in [2.75, 3.05) is 6.61 Å². The van der Waals surface area contributed by atoms with Crippen LogP contribution in [0.5, 0.6) is 0 Å². The number of Topliss-reactive ketones (excluding diaryl/α,β-unsaturated/α-hetero) is 1. The molecule has 1 rings (SSSR count). The molecule has 1 atom stereocenters. The van der Waals surface area contributed by atoms with Gasteiger partial charge in [-0.15, -0.1) is 0 Å². The molecule has 108 valence electrons. The molecule has 0 aromatic heterocycles. The van der Waals surface area contributed by atoms with Crippen LogP contribution < -0.4 is 0 Å². The number of hydrogen-bond acceptors (Lipinski definition) is 5. The van der Waals surface area contributed by atoms with Crippen LogP contribution in [0.1, 0.15) is 19.4 Å². The average molecular weight is 283 g/mol. The number of nitrogens with zero attached hydrogens (tertiary/aromatic N) is 1. The van der Waals surface area contributed by atoms with Crippen molar-refractivity contribution >= 4 is 17.4 Å². The van der Waals surface area contributed by atoms with Crippen molar-refractivity contribution in [1.29, 1.82) is 0 Å². The Morgan fingerprint density at radius 1 is 1.45 bits per heavy atom. The van der Waals surface area contributed by atoms with Gasteiger partial charge in [0.25, 0.3) is 5.69 Å². The first-order valence-electron chi connectivity index (χ1n) is 5.96. The third-order valence-corrected chi connectivity index (χ3v) is 2.73. The van der Waals surface area contributed by atoms with E-state index in [0.29, 0.717) is 0 Å². The molecule has 0 saturated carbocycles. The summed E-state index contributed by atoms with van der Waals surface area (Å²) in [4.78, 5) is 32.8. The summed E-state index contributed by atoms with van der Waals surface area (Å²) in [7, 11) is 0. The number of benzene rings is 1. The zero-order valence-electron chi connectivity index (χ0n) is 11.1. The average Bonchev–Trinajstić information content (AvgIpc) is 2.36. The maximum absolute atomic E-state index is 13.7. The van der Waals surface area contributed by atoms with Gasteiger partial charge in [-0.05, 0) is 31.9 Å². The molecule has 0 aliphatic heterocycles. The predicted molar refractivity (Wildman–Crippen MR) is 67.6 cm³/mol. The lowest BCUT2D eigenvalue weighted by molar-refractivity contribution is -0.385. The number of carbonyl (C=O) groups excluding carboxylic acids is 2. The molecule has 0 fully saturated rings. The molecule has 1 unspecified atom stereocenters. The largest absolute Gasteiger partial charge is 0.465 e. The number of rotatable bonds is 6. The van der Waals surface area contributed by atoms with Crippen molar-refractivity contribution in [2.45, 2.75) is 20.3 Å². The summed E-state index contributed by atoms with van der Waals surface area (Å²) in [6.07, 6.45) is -0.183. The highest BCUT2D eigenvalue weighted by Gasteiger charge is 2.26. The Hall–Kier alpha value is -2.31. The van der Waals surface area contributed by atoms with Gasteiger partial charge in [-0.3, -0.25) is 19.7 Å². The van der Waals surface area contributed by atoms with Crippen LogP contribution in [0.3, 0.4) is 0 Å². The fourth-order valence-corrected chi connectivity index (χ4v) is 1.67. The lowest BCUT2D eigenvalue weighted by Gasteiger charge is -2.12. The number of carbonyl (C=O) groups is 2. The molecule has 0 radical (unpaired) electrons. The maximum atomic E-state index is 13.7. The second-order valence-corrected chi connectivity index (χ2v) is 4.15. The van der Waals surface area contributed by atoms with Crippen molar-refractivity contribution in [3.05, 3.63) is 39.7 Å². The molecular formula is C13H14FNO5. The third kappa shape index (κ3) is 3.84. The van der Waals surface area contributed by atoms with Crippen LogP contribution in [0, 0.1) is 21.8 Å². The van der Waals surface area contributed by atoms with Crippen LogP contribution in [-0.2, 0) is 20.7 Å². The second-order valence-electron chi connectivity index (χ2n) is 4.15. The molecule has 0 aliphatic rings. The van der Waals surface area contributed by atoms with E-state index in [1.54, 1.807) is 6.92 Å². The van der Waals surface area contributed by atoms with E-state index >= 15 is 0 Å². The molecule has 6 nitrogen and oxygen atoms in total. The van der Waals surface area contributed by atoms with Crippen molar-refractivity contribution in [3.8, 4) is 0 Å². The van der Waals surface area contributed by atoms with E-state index in [0.717, 1.165) is 12.1 Å². The molecule has 0 bridgehead atoms. The Morgan fingerprint density at radius 2 is 2.10 bits per heavy atom. The van der Waals surface area contributed by atoms with Gasteiger partial charge in [0.2, 0.25) is 0 Å². The molecule has 0 amide bonds. The first-order valence-corrected chi connectivity index (χ1v) is 5.96. The SMILES string of the molecule is CCOC(=O)C(Cc1ccc([N+](=O)[O-])cc1F)C(C)=O. The summed E-state index contributed by atoms with van der Waals surface area (Å²) in [6, 6.07) is 3.08. The van der Waals surface area contributed by atoms with Gasteiger partial charge in [0.05, 0.1) is 17.6 Å². The minimum absolute atomic E-state index is 0.0591. The van der Waals surface area contributed by atoms with Crippen LogP contribution in [0.4, 0.5) is 10.1 Å². The van der Waals surface area contributed by atoms with Crippen LogP contribution in [0.15, 0.2) is 18.2 Å². The number of esters is 1. The molecule has 20 heavy (non-hydrogen) atoms. The Labute approximate surface area is 114 Å². The molecule has 7 heteroatoms. The Kier molecular flexibility index (Phi) is 5.31. The first kappa shape index (κ1) is 15.7. The van der Waals surface area contributed by atoms with E-state index in [2.05, 4.69) is 0 Å². The standard InChI is InChI=1S/C13H14FNO5/c1-3-20-13(17)11(8(2)16)6-9-4-5-10(15(18)19)7-12(9)14/h4-5,7,11H,3,6H2,1-2H3. The lowest BCUT2D eigenvalue weighted by Crippen LogP contribution is -2.26. The zero-order valence-corrected chi connectivity index (χ0v) is 11.1. The maximum Gasteiger partial charge on any atom is 0.316 e. The van der Waals surface area contributed by atoms with Gasteiger partial charge < -0.3 is 4.74 Å². The number of ketones is 1. The summed E-state index contributed by atoms with van der Waals surface area (Å²) in [5, 5.41) is 10.5. The van der Waals surface area contributed by atoms with E-state index in [1.165, 1.54) is 13.0 Å². The van der Waals surface area contributed by atoms with Crippen molar-refractivity contribution in [2.24, 2.45) is 5.92 Å². The van der Waals surface area contributed by atoms with Gasteiger partial charge in [0.1, 0.15) is 17.5 Å². The van der Waals surface area contributed by atoms with Gasteiger partial charge in [0.15, 0.2) is 0 Å². The second kappa shape index (κ2) is 6.74. The Bertz CT molecular complexity index is 544. The van der Waals surface area contributed by atoms with Crippen molar-refractivity contribution in [3.63, 3.8) is 0 Å². The fraction of sp³-hybridized carbons (Fsp3) is 0.385. The minimum Gasteiger partial charge on any atom is -0.465 e. The van der Waals surface area contributed by atoms with Crippen LogP contribution in [0.25, 0.3) is 0 Å². The number of hydrogen-bond donors (Lipinski definition) is 0. The topological polar surface area (TPSA) is 86.5 Å². The van der Waals surface area contributed by atoms with Crippen LogP contribution in [0.2, 0.25) is 0 Å². The zero-order chi connectivity index (χ0) is 15.3. The Balaban J connectivity index is 2.97. The molecule has 0 heterocycles. The van der Waals surface area contributed by atoms with E-state index in [-0.39, 0.29) is 24.3 Å². The molecular weight excluding hydrogens is 269 g/mol. The highest BCUT2D eigenvalue weighted by Crippen LogP contribution is 2.20. The summed E-state index contributed by atoms with van der Waals surface area (Å²) in [6.45, 7) is 2.93. The molecule has 1 aromatic rings. The van der Waals surface area contributed by atoms with Crippen LogP contribution >= 0.6 is 0 Å². The van der Waals surface area contributed by atoms with Crippen molar-refractivity contribution in [1.82, 2.24) is 0 Å². The first-order chi connectivity index (χ1) is 9.36. The molecule has 0 N–H and O–H groups in total. The molecule has 0 aliphatic carbocycles. The highest BCUT2D eigenvalue weighted by molar-refractivity contribution is 5.98. The van der Waals surface area contributed by atoms with Gasteiger partial charge in [0, 0.05) is 6.07 Å². The van der Waals surface area contributed by atoms with E-state index < -0.39 is 28.4 Å². The van der Waals surface area contributed by atoms with Crippen LogP contribution in [-0.4, -0.2) is 23.3 Å². The number of nitro groups is 1. The van der Waals surface area contributed by atoms with Crippen molar-refractivity contribution < 1.29 is 23.6 Å². The molecule has 1 aromatic carbocycles. The molecule has 0 spiro atoms. The highest BCUT2D eigenvalue weighted by atomic mass is 19.1. The minimum atomic E-state index is -1.11. The summed E-state index contributed by atoms with van der Waals surface area (Å²) < 4.78 is 18.5. The van der Waals surface area contributed by atoms with Gasteiger partial charge in [-0.25, -0.2) is 4.39 Å². The molecule has 0 saturated heterocycles. The number of halogens is 1. The lowest BCUT2D eigenvalue weighted by atomic mass is 9.95. The quantitative estimate of drug-likeness (QED) is 0.345. The fourth-order valence-electron chi connectivity index (χ4n) is 1.67. The number of nitro benzene ring substituents is 1. The predicted octanol–water partition coefficient (Wildman–Crippen LogP) is 2.04. The smallest absolute Gasteiger partial charge is 0.316 e. The summed E-state index contributed by atoms with van der Waals surface area (Å²) >= 11 is 0. The summed E-state index contributed by atoms with van der Waals surface area (Å²) in [5.74, 6) is -3.10. The Morgan fingerprint density at radius 3 is 2.55 bits per heavy atom.